The van der Waals surface area contributed by atoms with E-state index >= 15 is 0 Å². The van der Waals surface area contributed by atoms with E-state index in [-0.39, 0.29) is 16.3 Å². The van der Waals surface area contributed by atoms with E-state index in [1.165, 1.54) is 11.8 Å². The van der Waals surface area contributed by atoms with E-state index in [0.29, 0.717) is 12.2 Å². The van der Waals surface area contributed by atoms with Crippen molar-refractivity contribution in [3.8, 4) is 11.8 Å². The SMILES string of the molecule is CC(=O)SCCC#Cc1cncc(B2OC(C)(C)C(C)(C)O2)c1. The Morgan fingerprint density at radius 1 is 1.26 bits per heavy atom. The van der Waals surface area contributed by atoms with Crippen LogP contribution in [0.25, 0.3) is 0 Å². The number of carbonyl (C=O) groups excluding carboxylic acids is 1. The van der Waals surface area contributed by atoms with Gasteiger partial charge in [-0.05, 0) is 33.8 Å². The first-order valence-electron chi connectivity index (χ1n) is 7.64. The van der Waals surface area contributed by atoms with E-state index < -0.39 is 7.12 Å². The molecule has 1 fully saturated rings. The van der Waals surface area contributed by atoms with Gasteiger partial charge in [-0.1, -0.05) is 23.6 Å². The van der Waals surface area contributed by atoms with Gasteiger partial charge >= 0.3 is 7.12 Å². The van der Waals surface area contributed by atoms with Gasteiger partial charge in [0, 0.05) is 42.5 Å². The molecule has 1 aromatic rings. The largest absolute Gasteiger partial charge is 0.496 e. The Hall–Kier alpha value is -1.29. The molecular formula is C17H22BNO3S. The Morgan fingerprint density at radius 3 is 2.52 bits per heavy atom. The molecule has 0 saturated carbocycles. The third kappa shape index (κ3) is 4.60. The summed E-state index contributed by atoms with van der Waals surface area (Å²) in [5.41, 5.74) is 0.950. The second-order valence-electron chi connectivity index (χ2n) is 6.49. The van der Waals surface area contributed by atoms with Crippen LogP contribution in [0.2, 0.25) is 0 Å². The summed E-state index contributed by atoms with van der Waals surface area (Å²) in [7, 11) is -0.428. The third-order valence-electron chi connectivity index (χ3n) is 4.05. The number of aromatic nitrogens is 1. The molecular weight excluding hydrogens is 309 g/mol. The zero-order chi connectivity index (χ0) is 17.1. The van der Waals surface area contributed by atoms with Gasteiger partial charge in [0.1, 0.15) is 0 Å². The number of carbonyl (C=O) groups is 1. The van der Waals surface area contributed by atoms with Crippen molar-refractivity contribution in [3.05, 3.63) is 24.0 Å². The number of thioether (sulfide) groups is 1. The highest BCUT2D eigenvalue weighted by molar-refractivity contribution is 8.13. The molecule has 0 bridgehead atoms. The van der Waals surface area contributed by atoms with Crippen LogP contribution in [0.15, 0.2) is 18.5 Å². The van der Waals surface area contributed by atoms with Crippen molar-refractivity contribution in [2.45, 2.75) is 52.2 Å². The smallest absolute Gasteiger partial charge is 0.399 e. The molecule has 0 radical (unpaired) electrons. The molecule has 23 heavy (non-hydrogen) atoms. The molecule has 0 N–H and O–H groups in total. The van der Waals surface area contributed by atoms with Crippen LogP contribution in [-0.4, -0.2) is 34.2 Å². The third-order valence-corrected chi connectivity index (χ3v) is 4.86. The fraction of sp³-hybridized carbons (Fsp3) is 0.529. The molecule has 6 heteroatoms. The summed E-state index contributed by atoms with van der Waals surface area (Å²) in [6.45, 7) is 9.66. The van der Waals surface area contributed by atoms with Gasteiger partial charge in [0.15, 0.2) is 5.12 Å². The maximum absolute atomic E-state index is 10.9. The lowest BCUT2D eigenvalue weighted by atomic mass is 9.80. The average molecular weight is 331 g/mol. The zero-order valence-corrected chi connectivity index (χ0v) is 15.1. The Labute approximate surface area is 142 Å². The molecule has 122 valence electrons. The lowest BCUT2D eigenvalue weighted by molar-refractivity contribution is -0.109. The summed E-state index contributed by atoms with van der Waals surface area (Å²) < 4.78 is 12.0. The van der Waals surface area contributed by atoms with E-state index in [1.54, 1.807) is 19.3 Å². The zero-order valence-electron chi connectivity index (χ0n) is 14.3. The van der Waals surface area contributed by atoms with Crippen LogP contribution >= 0.6 is 11.8 Å². The summed E-state index contributed by atoms with van der Waals surface area (Å²) in [6, 6.07) is 1.94. The van der Waals surface area contributed by atoms with Crippen LogP contribution in [0.5, 0.6) is 0 Å². The van der Waals surface area contributed by atoms with Gasteiger partial charge in [-0.25, -0.2) is 0 Å². The van der Waals surface area contributed by atoms with Crippen LogP contribution in [0.3, 0.4) is 0 Å². The predicted molar refractivity (Wildman–Crippen MR) is 94.6 cm³/mol. The highest BCUT2D eigenvalue weighted by Gasteiger charge is 2.51. The molecule has 1 saturated heterocycles. The van der Waals surface area contributed by atoms with Gasteiger partial charge in [-0.15, -0.1) is 0 Å². The molecule has 0 spiro atoms. The predicted octanol–water partition coefficient (Wildman–Crippen LogP) is 2.40. The summed E-state index contributed by atoms with van der Waals surface area (Å²) in [4.78, 5) is 15.1. The van der Waals surface area contributed by atoms with Crippen molar-refractivity contribution in [3.63, 3.8) is 0 Å². The molecule has 4 nitrogen and oxygen atoms in total. The quantitative estimate of drug-likeness (QED) is 0.484. The van der Waals surface area contributed by atoms with Crippen molar-refractivity contribution < 1.29 is 14.1 Å². The average Bonchev–Trinajstić information content (AvgIpc) is 2.67. The molecule has 0 unspecified atom stereocenters. The molecule has 2 rings (SSSR count). The maximum Gasteiger partial charge on any atom is 0.496 e. The minimum atomic E-state index is -0.428. The number of nitrogens with zero attached hydrogens (tertiary/aromatic N) is 1. The Kier molecular flexibility index (Phi) is 5.56. The van der Waals surface area contributed by atoms with Crippen molar-refractivity contribution in [2.75, 3.05) is 5.75 Å². The molecule has 0 aliphatic carbocycles. The van der Waals surface area contributed by atoms with Gasteiger partial charge in [0.05, 0.1) is 11.2 Å². The second-order valence-corrected chi connectivity index (χ2v) is 7.76. The van der Waals surface area contributed by atoms with Crippen LogP contribution in [0.4, 0.5) is 0 Å². The lowest BCUT2D eigenvalue weighted by Gasteiger charge is -2.32. The van der Waals surface area contributed by atoms with Crippen molar-refractivity contribution in [1.82, 2.24) is 4.98 Å². The van der Waals surface area contributed by atoms with Crippen LogP contribution in [0, 0.1) is 11.8 Å². The number of hydrogen-bond donors (Lipinski definition) is 0. The van der Waals surface area contributed by atoms with Gasteiger partial charge in [-0.2, -0.15) is 0 Å². The van der Waals surface area contributed by atoms with Gasteiger partial charge in [0.25, 0.3) is 0 Å². The highest BCUT2D eigenvalue weighted by Crippen LogP contribution is 2.36. The monoisotopic (exact) mass is 331 g/mol. The molecule has 1 aliphatic heterocycles. The minimum Gasteiger partial charge on any atom is -0.399 e. The summed E-state index contributed by atoms with van der Waals surface area (Å²) >= 11 is 1.29. The van der Waals surface area contributed by atoms with E-state index in [4.69, 9.17) is 9.31 Å². The highest BCUT2D eigenvalue weighted by atomic mass is 32.2. The molecule has 2 heterocycles. The number of hydrogen-bond acceptors (Lipinski definition) is 5. The second kappa shape index (κ2) is 7.08. The summed E-state index contributed by atoms with van der Waals surface area (Å²) in [5.74, 6) is 6.85. The van der Waals surface area contributed by atoms with Crippen LogP contribution in [-0.2, 0) is 14.1 Å². The molecule has 0 atom stereocenters. The first kappa shape index (κ1) is 18.1. The van der Waals surface area contributed by atoms with Crippen molar-refractivity contribution >= 4 is 29.5 Å². The first-order valence-corrected chi connectivity index (χ1v) is 8.63. The number of rotatable bonds is 3. The fourth-order valence-electron chi connectivity index (χ4n) is 2.04. The molecule has 1 aromatic heterocycles. The van der Waals surface area contributed by atoms with E-state index in [9.17, 15) is 4.79 Å². The number of pyridine rings is 1. The normalized spacial score (nSPS) is 18.4. The Morgan fingerprint density at radius 2 is 1.91 bits per heavy atom. The standard InChI is InChI=1S/C17H22BNO3S/c1-13(20)23-9-7-6-8-14-10-15(12-19-11-14)18-21-16(2,3)17(4,5)22-18/h10-12H,7,9H2,1-5H3. The topological polar surface area (TPSA) is 48.4 Å². The van der Waals surface area contributed by atoms with Gasteiger partial charge in [-0.3, -0.25) is 9.78 Å². The van der Waals surface area contributed by atoms with E-state index in [0.717, 1.165) is 11.0 Å². The summed E-state index contributed by atoms with van der Waals surface area (Å²) in [6.07, 6.45) is 4.14. The van der Waals surface area contributed by atoms with Crippen molar-refractivity contribution in [1.29, 1.82) is 0 Å². The summed E-state index contributed by atoms with van der Waals surface area (Å²) in [5, 5.41) is 0.122. The Bertz CT molecular complexity index is 633. The minimum absolute atomic E-state index is 0.122. The molecule has 1 aliphatic rings. The van der Waals surface area contributed by atoms with E-state index in [2.05, 4.69) is 16.8 Å². The maximum atomic E-state index is 10.9. The van der Waals surface area contributed by atoms with E-state index in [1.807, 2.05) is 33.8 Å². The first-order chi connectivity index (χ1) is 10.7. The molecule has 0 amide bonds. The fourth-order valence-corrected chi connectivity index (χ4v) is 2.54. The van der Waals surface area contributed by atoms with Crippen LogP contribution in [0.1, 0.15) is 46.6 Å². The van der Waals surface area contributed by atoms with Crippen LogP contribution < -0.4 is 5.46 Å². The Balaban J connectivity index is 2.04. The molecule has 0 aromatic carbocycles. The van der Waals surface area contributed by atoms with Gasteiger partial charge in [0.2, 0.25) is 0 Å². The lowest BCUT2D eigenvalue weighted by Crippen LogP contribution is -2.41. The van der Waals surface area contributed by atoms with Crippen molar-refractivity contribution in [2.24, 2.45) is 0 Å². The van der Waals surface area contributed by atoms with Gasteiger partial charge < -0.3 is 9.31 Å².